The van der Waals surface area contributed by atoms with Crippen LogP contribution >= 0.6 is 11.6 Å². The molecule has 1 nitrogen and oxygen atoms in total. The number of rotatable bonds is 2. The Hall–Kier alpha value is -1.55. The second kappa shape index (κ2) is 4.98. The summed E-state index contributed by atoms with van der Waals surface area (Å²) in [5, 5.41) is 0. The molecule has 5 heteroatoms. The zero-order chi connectivity index (χ0) is 13.2. The smallest absolute Gasteiger partial charge is 0.251 e. The highest BCUT2D eigenvalue weighted by molar-refractivity contribution is 6.17. The van der Waals surface area contributed by atoms with Crippen LogP contribution in [0.2, 0.25) is 0 Å². The van der Waals surface area contributed by atoms with Crippen molar-refractivity contribution >= 4 is 11.6 Å². The Balaban J connectivity index is 2.51. The maximum absolute atomic E-state index is 12.5. The summed E-state index contributed by atoms with van der Waals surface area (Å²) in [6.45, 7) is 0. The summed E-state index contributed by atoms with van der Waals surface area (Å²) in [7, 11) is 0. The van der Waals surface area contributed by atoms with E-state index in [-0.39, 0.29) is 5.88 Å². The predicted molar refractivity (Wildman–Crippen MR) is 64.2 cm³/mol. The molecule has 0 unspecified atom stereocenters. The van der Waals surface area contributed by atoms with Gasteiger partial charge in [0.2, 0.25) is 0 Å². The Labute approximate surface area is 107 Å². The molecule has 94 valence electrons. The molecule has 0 fully saturated rings. The number of hydrogen-bond donors (Lipinski definition) is 0. The van der Waals surface area contributed by atoms with Crippen molar-refractivity contribution in [1.82, 2.24) is 4.98 Å². The van der Waals surface area contributed by atoms with Gasteiger partial charge in [0, 0.05) is 17.6 Å². The first-order chi connectivity index (χ1) is 8.52. The van der Waals surface area contributed by atoms with E-state index in [0.29, 0.717) is 11.1 Å². The lowest BCUT2D eigenvalue weighted by molar-refractivity contribution is -0.141. The van der Waals surface area contributed by atoms with E-state index in [2.05, 4.69) is 4.98 Å². The van der Waals surface area contributed by atoms with Crippen LogP contribution < -0.4 is 0 Å². The Morgan fingerprint density at radius 1 is 1.11 bits per heavy atom. The third-order valence-corrected chi connectivity index (χ3v) is 2.80. The van der Waals surface area contributed by atoms with Crippen molar-refractivity contribution in [2.75, 3.05) is 0 Å². The molecule has 1 heterocycles. The maximum atomic E-state index is 12.5. The van der Waals surface area contributed by atoms with Crippen LogP contribution in [0.25, 0.3) is 11.1 Å². The van der Waals surface area contributed by atoms with Crippen molar-refractivity contribution in [1.29, 1.82) is 0 Å². The van der Waals surface area contributed by atoms with E-state index >= 15 is 0 Å². The minimum absolute atomic E-state index is 0.00975. The van der Waals surface area contributed by atoms with Crippen LogP contribution in [0, 0.1) is 0 Å². The lowest BCUT2D eigenvalue weighted by Gasteiger charge is -2.11. The van der Waals surface area contributed by atoms with Crippen molar-refractivity contribution in [2.24, 2.45) is 0 Å². The van der Waals surface area contributed by atoms with Crippen molar-refractivity contribution in [2.45, 2.75) is 12.1 Å². The summed E-state index contributed by atoms with van der Waals surface area (Å²) in [4.78, 5) is 3.45. The standard InChI is InChI=1S/C13H9ClF3N/c14-7-10-6-12(13(15,16)17)18-8-11(10)9-4-2-1-3-5-9/h1-6,8H,7H2. The summed E-state index contributed by atoms with van der Waals surface area (Å²) in [5.41, 5.74) is 0.927. The van der Waals surface area contributed by atoms with Crippen molar-refractivity contribution in [3.63, 3.8) is 0 Å². The van der Waals surface area contributed by atoms with Gasteiger partial charge in [0.25, 0.3) is 0 Å². The fourth-order valence-electron chi connectivity index (χ4n) is 1.64. The van der Waals surface area contributed by atoms with E-state index in [9.17, 15) is 13.2 Å². The number of hydrogen-bond acceptors (Lipinski definition) is 1. The van der Waals surface area contributed by atoms with Gasteiger partial charge >= 0.3 is 6.18 Å². The SMILES string of the molecule is FC(F)(F)c1cc(CCl)c(-c2ccccc2)cn1. The number of pyridine rings is 1. The molecule has 0 N–H and O–H groups in total. The Morgan fingerprint density at radius 3 is 2.33 bits per heavy atom. The van der Waals surface area contributed by atoms with Crippen LogP contribution in [0.1, 0.15) is 11.3 Å². The van der Waals surface area contributed by atoms with E-state index in [0.717, 1.165) is 11.6 Å². The van der Waals surface area contributed by atoms with E-state index in [1.54, 1.807) is 12.1 Å². The van der Waals surface area contributed by atoms with Gasteiger partial charge in [0.1, 0.15) is 5.69 Å². The van der Waals surface area contributed by atoms with E-state index in [1.807, 2.05) is 18.2 Å². The summed E-state index contributed by atoms with van der Waals surface area (Å²) in [5.74, 6) is 0.00975. The molecule has 0 aliphatic heterocycles. The van der Waals surface area contributed by atoms with Gasteiger partial charge in [-0.05, 0) is 17.2 Å². The number of alkyl halides is 4. The molecule has 0 radical (unpaired) electrons. The molecule has 0 spiro atoms. The number of aromatic nitrogens is 1. The highest BCUT2D eigenvalue weighted by atomic mass is 35.5. The molecule has 1 aromatic heterocycles. The molecule has 0 aliphatic carbocycles. The highest BCUT2D eigenvalue weighted by Gasteiger charge is 2.32. The quantitative estimate of drug-likeness (QED) is 0.733. The van der Waals surface area contributed by atoms with Crippen molar-refractivity contribution < 1.29 is 13.2 Å². The molecule has 0 amide bonds. The molecule has 2 rings (SSSR count). The summed E-state index contributed by atoms with van der Waals surface area (Å²) >= 11 is 5.71. The third kappa shape index (κ3) is 2.64. The monoisotopic (exact) mass is 271 g/mol. The number of halogens is 4. The lowest BCUT2D eigenvalue weighted by Crippen LogP contribution is -2.08. The van der Waals surface area contributed by atoms with Crippen LogP contribution in [0.15, 0.2) is 42.6 Å². The van der Waals surface area contributed by atoms with Gasteiger partial charge in [-0.3, -0.25) is 4.98 Å². The molecule has 18 heavy (non-hydrogen) atoms. The predicted octanol–water partition coefficient (Wildman–Crippen LogP) is 4.51. The minimum atomic E-state index is -4.45. The zero-order valence-corrected chi connectivity index (χ0v) is 9.96. The van der Waals surface area contributed by atoms with Crippen LogP contribution in [0.5, 0.6) is 0 Å². The Bertz CT molecular complexity index is 538. The Kier molecular flexibility index (Phi) is 3.57. The summed E-state index contributed by atoms with van der Waals surface area (Å²) in [6.07, 6.45) is -3.23. The largest absolute Gasteiger partial charge is 0.433 e. The first kappa shape index (κ1) is 12.9. The normalized spacial score (nSPS) is 11.6. The second-order valence-corrected chi connectivity index (χ2v) is 3.99. The first-order valence-electron chi connectivity index (χ1n) is 5.20. The van der Waals surface area contributed by atoms with Crippen LogP contribution in [-0.2, 0) is 12.1 Å². The Morgan fingerprint density at radius 2 is 1.78 bits per heavy atom. The topological polar surface area (TPSA) is 12.9 Å². The van der Waals surface area contributed by atoms with E-state index in [4.69, 9.17) is 11.6 Å². The number of benzene rings is 1. The van der Waals surface area contributed by atoms with E-state index < -0.39 is 11.9 Å². The van der Waals surface area contributed by atoms with Crippen molar-refractivity contribution in [3.05, 3.63) is 53.9 Å². The lowest BCUT2D eigenvalue weighted by atomic mass is 10.0. The van der Waals surface area contributed by atoms with Gasteiger partial charge in [-0.2, -0.15) is 13.2 Å². The molecular weight excluding hydrogens is 263 g/mol. The van der Waals surface area contributed by atoms with Gasteiger partial charge in [-0.15, -0.1) is 11.6 Å². The second-order valence-electron chi connectivity index (χ2n) is 3.72. The van der Waals surface area contributed by atoms with Gasteiger partial charge in [0.15, 0.2) is 0 Å². The van der Waals surface area contributed by atoms with Crippen LogP contribution in [0.4, 0.5) is 13.2 Å². The maximum Gasteiger partial charge on any atom is 0.433 e. The van der Waals surface area contributed by atoms with Crippen molar-refractivity contribution in [3.8, 4) is 11.1 Å². The summed E-state index contributed by atoms with van der Waals surface area (Å²) < 4.78 is 37.6. The number of nitrogens with zero attached hydrogens (tertiary/aromatic N) is 1. The average molecular weight is 272 g/mol. The average Bonchev–Trinajstić information content (AvgIpc) is 2.38. The molecule has 2 aromatic rings. The summed E-state index contributed by atoms with van der Waals surface area (Å²) in [6, 6.07) is 10.1. The fourth-order valence-corrected chi connectivity index (χ4v) is 1.86. The molecule has 1 aromatic carbocycles. The minimum Gasteiger partial charge on any atom is -0.251 e. The van der Waals surface area contributed by atoms with Crippen LogP contribution in [0.3, 0.4) is 0 Å². The fraction of sp³-hybridized carbons (Fsp3) is 0.154. The molecule has 0 bridgehead atoms. The molecular formula is C13H9ClF3N. The molecule has 0 atom stereocenters. The molecule has 0 saturated carbocycles. The van der Waals surface area contributed by atoms with Gasteiger partial charge < -0.3 is 0 Å². The van der Waals surface area contributed by atoms with Gasteiger partial charge in [-0.25, -0.2) is 0 Å². The molecule has 0 aliphatic rings. The van der Waals surface area contributed by atoms with Gasteiger partial charge in [-0.1, -0.05) is 30.3 Å². The van der Waals surface area contributed by atoms with Crippen LogP contribution in [-0.4, -0.2) is 4.98 Å². The van der Waals surface area contributed by atoms with Gasteiger partial charge in [0.05, 0.1) is 0 Å². The zero-order valence-electron chi connectivity index (χ0n) is 9.21. The molecule has 0 saturated heterocycles. The highest BCUT2D eigenvalue weighted by Crippen LogP contribution is 2.32. The third-order valence-electron chi connectivity index (χ3n) is 2.51. The first-order valence-corrected chi connectivity index (χ1v) is 5.73. The van der Waals surface area contributed by atoms with E-state index in [1.165, 1.54) is 6.20 Å².